The first kappa shape index (κ1) is 28.9. The molecule has 1 aromatic rings. The molecule has 5 heteroatoms. The number of rotatable bonds is 11. The third-order valence-electron chi connectivity index (χ3n) is 10.2. The predicted octanol–water partition coefficient (Wildman–Crippen LogP) is 7.34. The Kier molecular flexibility index (Phi) is 9.18. The Morgan fingerprint density at radius 3 is 2.49 bits per heavy atom. The Balaban J connectivity index is 1.74. The quantitative estimate of drug-likeness (QED) is 0.206. The molecule has 0 radical (unpaired) electrons. The Hall–Kier alpha value is -3.10. The van der Waals surface area contributed by atoms with Crippen LogP contribution in [0.15, 0.2) is 55.3 Å². The van der Waals surface area contributed by atoms with Gasteiger partial charge in [0.15, 0.2) is 0 Å². The van der Waals surface area contributed by atoms with E-state index in [9.17, 15) is 20.3 Å². The molecule has 0 aliphatic heterocycles. The highest BCUT2D eigenvalue weighted by Crippen LogP contribution is 2.60. The number of hydrogen-bond acceptors (Lipinski definition) is 4. The highest BCUT2D eigenvalue weighted by atomic mass is 16.4. The number of nitriles is 1. The van der Waals surface area contributed by atoms with Crippen molar-refractivity contribution in [1.82, 2.24) is 0 Å². The Labute approximate surface area is 233 Å². The highest BCUT2D eigenvalue weighted by molar-refractivity contribution is 5.91. The zero-order chi connectivity index (χ0) is 28.0. The Morgan fingerprint density at radius 2 is 1.85 bits per heavy atom. The van der Waals surface area contributed by atoms with Crippen LogP contribution in [0.2, 0.25) is 0 Å². The lowest BCUT2D eigenvalue weighted by molar-refractivity contribution is -0.132. The zero-order valence-corrected chi connectivity index (χ0v) is 23.2. The molecule has 208 valence electrons. The largest absolute Gasteiger partial charge is 0.477 e. The summed E-state index contributed by atoms with van der Waals surface area (Å²) in [6, 6.07) is 7.85. The van der Waals surface area contributed by atoms with Gasteiger partial charge in [-0.25, -0.2) is 4.79 Å². The van der Waals surface area contributed by atoms with Gasteiger partial charge >= 0.3 is 5.97 Å². The number of hydrogen-bond donors (Lipinski definition) is 3. The molecule has 5 unspecified atom stereocenters. The van der Waals surface area contributed by atoms with Crippen molar-refractivity contribution in [3.8, 4) is 6.07 Å². The molecule has 3 aliphatic rings. The standard InChI is InChI=1S/C34H44N2O3/c1-3-24-12-15-30(19-25(24)4-2)34(39,17-8-18-35)22-31-11-7-16-33(31,21-28(23-36)32(37)38)29-14-13-27(20-29)26-9-5-6-10-26/h3-4,8,12,15,18-19,21,26-27,29,31,39H,1-2,5-7,9-11,13-14,16-17,20,22,35H2,(H,37,38)/b18-8-,28-21+. The molecule has 0 aromatic heterocycles. The highest BCUT2D eigenvalue weighted by Gasteiger charge is 2.52. The SMILES string of the molecule is C=Cc1ccc(C(O)(C/C=C\N)CC2CCCC2(/C=C(\C#N)C(=O)O)C2CCC(C3CCCC3)C2)cc1C=C. The second kappa shape index (κ2) is 12.4. The van der Waals surface area contributed by atoms with Crippen LogP contribution < -0.4 is 5.73 Å². The van der Waals surface area contributed by atoms with Crippen molar-refractivity contribution in [3.63, 3.8) is 0 Å². The molecule has 0 spiro atoms. The third kappa shape index (κ3) is 5.92. The van der Waals surface area contributed by atoms with Crippen molar-refractivity contribution >= 4 is 18.1 Å². The maximum atomic E-state index is 12.3. The van der Waals surface area contributed by atoms with Crippen LogP contribution in [0.4, 0.5) is 0 Å². The molecule has 3 aliphatic carbocycles. The van der Waals surface area contributed by atoms with Crippen molar-refractivity contribution in [3.05, 3.63) is 72.0 Å². The molecule has 0 heterocycles. The van der Waals surface area contributed by atoms with Gasteiger partial charge in [-0.2, -0.15) is 5.26 Å². The average molecular weight is 529 g/mol. The fraction of sp³-hybridized carbons (Fsp3) is 0.529. The number of aliphatic carboxylic acids is 1. The van der Waals surface area contributed by atoms with Gasteiger partial charge in [0.2, 0.25) is 0 Å². The Morgan fingerprint density at radius 1 is 1.10 bits per heavy atom. The van der Waals surface area contributed by atoms with Crippen LogP contribution in [-0.2, 0) is 10.4 Å². The molecular weight excluding hydrogens is 484 g/mol. The van der Waals surface area contributed by atoms with E-state index in [-0.39, 0.29) is 11.5 Å². The van der Waals surface area contributed by atoms with Crippen LogP contribution in [0, 0.1) is 40.4 Å². The normalized spacial score (nSPS) is 29.3. The van der Waals surface area contributed by atoms with Gasteiger partial charge in [0.25, 0.3) is 0 Å². The fourth-order valence-electron chi connectivity index (χ4n) is 8.25. The van der Waals surface area contributed by atoms with E-state index in [1.165, 1.54) is 38.3 Å². The minimum absolute atomic E-state index is 0.0509. The molecule has 3 fully saturated rings. The van der Waals surface area contributed by atoms with Gasteiger partial charge in [0.05, 0.1) is 5.60 Å². The lowest BCUT2D eigenvalue weighted by atomic mass is 9.62. The summed E-state index contributed by atoms with van der Waals surface area (Å²) in [5.41, 5.74) is 6.61. The third-order valence-corrected chi connectivity index (χ3v) is 10.2. The summed E-state index contributed by atoms with van der Waals surface area (Å²) >= 11 is 0. The molecule has 0 saturated heterocycles. The van der Waals surface area contributed by atoms with Crippen molar-refractivity contribution < 1.29 is 15.0 Å². The second-order valence-corrected chi connectivity index (χ2v) is 12.1. The summed E-state index contributed by atoms with van der Waals surface area (Å²) in [4.78, 5) is 12.1. The van der Waals surface area contributed by atoms with Crippen molar-refractivity contribution in [1.29, 1.82) is 5.26 Å². The van der Waals surface area contributed by atoms with Crippen molar-refractivity contribution in [2.75, 3.05) is 0 Å². The van der Waals surface area contributed by atoms with Crippen molar-refractivity contribution in [2.24, 2.45) is 34.8 Å². The van der Waals surface area contributed by atoms with E-state index >= 15 is 0 Å². The fourth-order valence-corrected chi connectivity index (χ4v) is 8.25. The average Bonchev–Trinajstić information content (AvgIpc) is 3.72. The van der Waals surface area contributed by atoms with Gasteiger partial charge < -0.3 is 15.9 Å². The van der Waals surface area contributed by atoms with Crippen LogP contribution in [0.3, 0.4) is 0 Å². The Bertz CT molecular complexity index is 1170. The van der Waals surface area contributed by atoms with E-state index in [2.05, 4.69) is 13.2 Å². The number of carbonyl (C=O) groups is 1. The molecule has 4 N–H and O–H groups in total. The first-order valence-electron chi connectivity index (χ1n) is 14.6. The zero-order valence-electron chi connectivity index (χ0n) is 23.2. The molecule has 39 heavy (non-hydrogen) atoms. The lowest BCUT2D eigenvalue weighted by Crippen LogP contribution is -2.38. The molecular formula is C34H44N2O3. The van der Waals surface area contributed by atoms with E-state index in [4.69, 9.17) is 5.73 Å². The van der Waals surface area contributed by atoms with E-state index < -0.39 is 17.0 Å². The van der Waals surface area contributed by atoms with Crippen LogP contribution in [0.25, 0.3) is 12.2 Å². The van der Waals surface area contributed by atoms with Crippen LogP contribution in [-0.4, -0.2) is 16.2 Å². The van der Waals surface area contributed by atoms with E-state index in [1.807, 2.05) is 30.3 Å². The van der Waals surface area contributed by atoms with E-state index in [0.29, 0.717) is 24.7 Å². The van der Waals surface area contributed by atoms with Crippen LogP contribution in [0.1, 0.15) is 93.7 Å². The van der Waals surface area contributed by atoms with Gasteiger partial charge in [0, 0.05) is 0 Å². The number of nitrogens with two attached hydrogens (primary N) is 1. The van der Waals surface area contributed by atoms with Gasteiger partial charge in [-0.3, -0.25) is 0 Å². The first-order chi connectivity index (χ1) is 18.8. The van der Waals surface area contributed by atoms with Crippen LogP contribution in [0.5, 0.6) is 0 Å². The monoisotopic (exact) mass is 528 g/mol. The lowest BCUT2D eigenvalue weighted by Gasteiger charge is -2.43. The summed E-state index contributed by atoms with van der Waals surface area (Å²) in [5, 5.41) is 31.9. The molecule has 3 saturated carbocycles. The predicted molar refractivity (Wildman–Crippen MR) is 157 cm³/mol. The summed E-state index contributed by atoms with van der Waals surface area (Å²) in [7, 11) is 0. The second-order valence-electron chi connectivity index (χ2n) is 12.1. The number of aliphatic hydroxyl groups is 1. The summed E-state index contributed by atoms with van der Waals surface area (Å²) in [6.45, 7) is 7.84. The van der Waals surface area contributed by atoms with Gasteiger partial charge in [-0.15, -0.1) is 0 Å². The number of carboxylic acids is 1. The molecule has 4 rings (SSSR count). The topological polar surface area (TPSA) is 107 Å². The van der Waals surface area contributed by atoms with Gasteiger partial charge in [-0.1, -0.05) is 81.7 Å². The summed E-state index contributed by atoms with van der Waals surface area (Å²) in [5.74, 6) is 0.664. The first-order valence-corrected chi connectivity index (χ1v) is 14.6. The molecule has 1 aromatic carbocycles. The molecule has 5 nitrogen and oxygen atoms in total. The maximum Gasteiger partial charge on any atom is 0.346 e. The van der Waals surface area contributed by atoms with Gasteiger partial charge in [-0.05, 0) is 103 Å². The van der Waals surface area contributed by atoms with Crippen LogP contribution >= 0.6 is 0 Å². The maximum absolute atomic E-state index is 12.3. The number of benzene rings is 1. The van der Waals surface area contributed by atoms with E-state index in [1.54, 1.807) is 18.2 Å². The smallest absolute Gasteiger partial charge is 0.346 e. The molecule has 0 amide bonds. The minimum Gasteiger partial charge on any atom is -0.477 e. The summed E-state index contributed by atoms with van der Waals surface area (Å²) < 4.78 is 0. The minimum atomic E-state index is -1.19. The number of nitrogens with zero attached hydrogens (tertiary/aromatic N) is 1. The molecule has 0 bridgehead atoms. The number of carboxylic acid groups (broad SMARTS) is 1. The van der Waals surface area contributed by atoms with Crippen molar-refractivity contribution in [2.45, 2.75) is 82.7 Å². The number of allylic oxidation sites excluding steroid dienone is 1. The summed E-state index contributed by atoms with van der Waals surface area (Å²) in [6.07, 6.45) is 20.7. The molecule has 5 atom stereocenters. The van der Waals surface area contributed by atoms with E-state index in [0.717, 1.165) is 54.7 Å². The van der Waals surface area contributed by atoms with Gasteiger partial charge in [0.1, 0.15) is 11.6 Å².